The Bertz CT molecular complexity index is 614. The summed E-state index contributed by atoms with van der Waals surface area (Å²) in [4.78, 5) is 0.363. The predicted molar refractivity (Wildman–Crippen MR) is 88.6 cm³/mol. The molecule has 0 amide bonds. The zero-order valence-electron chi connectivity index (χ0n) is 10.7. The first-order chi connectivity index (χ1) is 9.56. The second-order valence-electron chi connectivity index (χ2n) is 4.36. The second-order valence-corrected chi connectivity index (χ2v) is 5.71. The fraction of sp³-hybridized carbons (Fsp3) is 0.133. The SMILES string of the molecule is NC(=S)c1ccc(Br)cc1NCCc1ccc(F)cc1. The van der Waals surface area contributed by atoms with Gasteiger partial charge in [-0.15, -0.1) is 0 Å². The van der Waals surface area contributed by atoms with Crippen molar-refractivity contribution in [3.63, 3.8) is 0 Å². The minimum Gasteiger partial charge on any atom is -0.389 e. The number of halogens is 2. The van der Waals surface area contributed by atoms with Crippen LogP contribution in [0.4, 0.5) is 10.1 Å². The molecule has 0 aliphatic heterocycles. The summed E-state index contributed by atoms with van der Waals surface area (Å²) in [6.45, 7) is 0.720. The van der Waals surface area contributed by atoms with Gasteiger partial charge in [0.1, 0.15) is 10.8 Å². The van der Waals surface area contributed by atoms with Crippen LogP contribution in [0.2, 0.25) is 0 Å². The Kier molecular flexibility index (Phi) is 5.09. The van der Waals surface area contributed by atoms with Crippen molar-refractivity contribution in [2.45, 2.75) is 6.42 Å². The predicted octanol–water partition coefficient (Wildman–Crippen LogP) is 3.88. The molecule has 3 N–H and O–H groups in total. The molecule has 5 heteroatoms. The third-order valence-electron chi connectivity index (χ3n) is 2.89. The molecule has 2 aromatic carbocycles. The van der Waals surface area contributed by atoms with Crippen LogP contribution in [0.25, 0.3) is 0 Å². The number of anilines is 1. The maximum absolute atomic E-state index is 12.8. The Balaban J connectivity index is 2.02. The Labute approximate surface area is 131 Å². The molecule has 0 aliphatic carbocycles. The van der Waals surface area contributed by atoms with Gasteiger partial charge in [0.25, 0.3) is 0 Å². The first-order valence-electron chi connectivity index (χ1n) is 6.14. The monoisotopic (exact) mass is 352 g/mol. The van der Waals surface area contributed by atoms with E-state index in [9.17, 15) is 4.39 Å². The first kappa shape index (κ1) is 14.9. The van der Waals surface area contributed by atoms with E-state index >= 15 is 0 Å². The minimum atomic E-state index is -0.218. The highest BCUT2D eigenvalue weighted by atomic mass is 79.9. The number of hydrogen-bond acceptors (Lipinski definition) is 2. The number of thiocarbonyl (C=S) groups is 1. The van der Waals surface area contributed by atoms with Gasteiger partial charge in [0.15, 0.2) is 0 Å². The molecular formula is C15H14BrFN2S. The summed E-state index contributed by atoms with van der Waals surface area (Å²) in [6.07, 6.45) is 0.795. The molecule has 0 radical (unpaired) electrons. The van der Waals surface area contributed by atoms with Gasteiger partial charge in [0, 0.05) is 22.3 Å². The lowest BCUT2D eigenvalue weighted by Crippen LogP contribution is -2.14. The van der Waals surface area contributed by atoms with Crippen LogP contribution in [-0.4, -0.2) is 11.5 Å². The quantitative estimate of drug-likeness (QED) is 0.802. The summed E-state index contributed by atoms with van der Waals surface area (Å²) in [6, 6.07) is 12.2. The topological polar surface area (TPSA) is 38.0 Å². The van der Waals surface area contributed by atoms with E-state index in [2.05, 4.69) is 21.2 Å². The van der Waals surface area contributed by atoms with Gasteiger partial charge in [0.05, 0.1) is 0 Å². The Hall–Kier alpha value is -1.46. The second kappa shape index (κ2) is 6.81. The summed E-state index contributed by atoms with van der Waals surface area (Å²) < 4.78 is 13.8. The smallest absolute Gasteiger partial charge is 0.123 e. The van der Waals surface area contributed by atoms with Crippen molar-refractivity contribution in [1.82, 2.24) is 0 Å². The molecule has 0 saturated carbocycles. The standard InChI is InChI=1S/C15H14BrFN2S/c16-11-3-6-13(15(18)20)14(9-11)19-8-7-10-1-4-12(17)5-2-10/h1-6,9,19H,7-8H2,(H2,18,20). The molecule has 20 heavy (non-hydrogen) atoms. The van der Waals surface area contributed by atoms with Crippen LogP contribution in [0.1, 0.15) is 11.1 Å². The first-order valence-corrected chi connectivity index (χ1v) is 7.34. The molecule has 0 aliphatic rings. The molecule has 2 nitrogen and oxygen atoms in total. The van der Waals surface area contributed by atoms with Crippen molar-refractivity contribution >= 4 is 38.8 Å². The Morgan fingerprint density at radius 1 is 1.20 bits per heavy atom. The van der Waals surface area contributed by atoms with E-state index in [1.807, 2.05) is 18.2 Å². The van der Waals surface area contributed by atoms with Crippen LogP contribution in [-0.2, 0) is 6.42 Å². The summed E-state index contributed by atoms with van der Waals surface area (Å²) in [7, 11) is 0. The zero-order chi connectivity index (χ0) is 14.5. The number of benzene rings is 2. The average Bonchev–Trinajstić information content (AvgIpc) is 2.41. The summed E-state index contributed by atoms with van der Waals surface area (Å²) in [5, 5.41) is 3.31. The largest absolute Gasteiger partial charge is 0.389 e. The highest BCUT2D eigenvalue weighted by molar-refractivity contribution is 9.10. The normalized spacial score (nSPS) is 10.3. The molecule has 0 heterocycles. The summed E-state index contributed by atoms with van der Waals surface area (Å²) in [5.41, 5.74) is 8.49. The van der Waals surface area contributed by atoms with Crippen molar-refractivity contribution in [2.75, 3.05) is 11.9 Å². The van der Waals surface area contributed by atoms with Crippen molar-refractivity contribution in [3.05, 3.63) is 63.9 Å². The van der Waals surface area contributed by atoms with Gasteiger partial charge in [-0.1, -0.05) is 40.3 Å². The number of nitrogens with one attached hydrogen (secondary N) is 1. The molecule has 0 spiro atoms. The third-order valence-corrected chi connectivity index (χ3v) is 3.60. The van der Waals surface area contributed by atoms with Crippen molar-refractivity contribution in [1.29, 1.82) is 0 Å². The van der Waals surface area contributed by atoms with Crippen LogP contribution < -0.4 is 11.1 Å². The van der Waals surface area contributed by atoms with Crippen LogP contribution in [0, 0.1) is 5.82 Å². The van der Waals surface area contributed by atoms with Gasteiger partial charge in [-0.25, -0.2) is 4.39 Å². The van der Waals surface area contributed by atoms with E-state index in [0.717, 1.165) is 34.3 Å². The van der Waals surface area contributed by atoms with E-state index in [4.69, 9.17) is 18.0 Å². The molecule has 0 saturated heterocycles. The summed E-state index contributed by atoms with van der Waals surface area (Å²) in [5.74, 6) is -0.218. The molecule has 104 valence electrons. The average molecular weight is 353 g/mol. The lowest BCUT2D eigenvalue weighted by atomic mass is 10.1. The van der Waals surface area contributed by atoms with Gasteiger partial charge in [-0.05, 0) is 42.3 Å². The Morgan fingerprint density at radius 2 is 1.90 bits per heavy atom. The molecular weight excluding hydrogens is 339 g/mol. The number of rotatable bonds is 5. The third kappa shape index (κ3) is 4.02. The van der Waals surface area contributed by atoms with Gasteiger partial charge >= 0.3 is 0 Å². The van der Waals surface area contributed by atoms with Crippen LogP contribution in [0.15, 0.2) is 46.9 Å². The van der Waals surface area contributed by atoms with Crippen LogP contribution in [0.5, 0.6) is 0 Å². The molecule has 0 unspecified atom stereocenters. The van der Waals surface area contributed by atoms with E-state index in [-0.39, 0.29) is 5.82 Å². The number of nitrogens with two attached hydrogens (primary N) is 1. The number of hydrogen-bond donors (Lipinski definition) is 2. The van der Waals surface area contributed by atoms with Gasteiger partial charge in [-0.2, -0.15) is 0 Å². The lowest BCUT2D eigenvalue weighted by molar-refractivity contribution is 0.627. The molecule has 0 aromatic heterocycles. The Morgan fingerprint density at radius 3 is 2.55 bits per heavy atom. The van der Waals surface area contributed by atoms with Crippen LogP contribution >= 0.6 is 28.1 Å². The van der Waals surface area contributed by atoms with E-state index in [1.54, 1.807) is 12.1 Å². The van der Waals surface area contributed by atoms with Crippen molar-refractivity contribution < 1.29 is 4.39 Å². The molecule has 0 fully saturated rings. The maximum atomic E-state index is 12.8. The fourth-order valence-corrected chi connectivity index (χ4v) is 2.41. The van der Waals surface area contributed by atoms with Gasteiger partial charge < -0.3 is 11.1 Å². The fourth-order valence-electron chi connectivity index (χ4n) is 1.87. The van der Waals surface area contributed by atoms with E-state index in [0.29, 0.717) is 4.99 Å². The highest BCUT2D eigenvalue weighted by Crippen LogP contribution is 2.21. The van der Waals surface area contributed by atoms with E-state index in [1.165, 1.54) is 12.1 Å². The maximum Gasteiger partial charge on any atom is 0.123 e. The van der Waals surface area contributed by atoms with Crippen molar-refractivity contribution in [2.24, 2.45) is 5.73 Å². The summed E-state index contributed by atoms with van der Waals surface area (Å²) >= 11 is 8.46. The zero-order valence-corrected chi connectivity index (χ0v) is 13.1. The van der Waals surface area contributed by atoms with Crippen LogP contribution in [0.3, 0.4) is 0 Å². The van der Waals surface area contributed by atoms with Gasteiger partial charge in [0.2, 0.25) is 0 Å². The highest BCUT2D eigenvalue weighted by Gasteiger charge is 2.05. The lowest BCUT2D eigenvalue weighted by Gasteiger charge is -2.12. The minimum absolute atomic E-state index is 0.218. The molecule has 2 aromatic rings. The molecule has 2 rings (SSSR count). The van der Waals surface area contributed by atoms with Crippen molar-refractivity contribution in [3.8, 4) is 0 Å². The van der Waals surface area contributed by atoms with E-state index < -0.39 is 0 Å². The molecule has 0 atom stereocenters. The molecule has 0 bridgehead atoms. The van der Waals surface area contributed by atoms with Gasteiger partial charge in [-0.3, -0.25) is 0 Å².